The standard InChI is InChI=1S/C25H18BrClN2O5/c1-34-22-12-14(11-20(26)18(22)13-15-4-2-3-5-21(15)27)10-19-23(31)28-25(33)29(24(19)32)16-6-8-17(30)9-7-16/h2-12,30H,13H2,1H3,(H,28,31,33)/b19-10+. The Bertz CT molecular complexity index is 1340. The average Bonchev–Trinajstić information content (AvgIpc) is 2.80. The molecule has 172 valence electrons. The van der Waals surface area contributed by atoms with Crippen LogP contribution in [0.25, 0.3) is 6.08 Å². The van der Waals surface area contributed by atoms with Gasteiger partial charge in [-0.1, -0.05) is 45.7 Å². The first kappa shape index (κ1) is 23.5. The third-order valence-electron chi connectivity index (χ3n) is 5.24. The zero-order valence-corrected chi connectivity index (χ0v) is 20.2. The molecular weight excluding hydrogens is 524 g/mol. The minimum atomic E-state index is -0.869. The normalized spacial score (nSPS) is 15.0. The van der Waals surface area contributed by atoms with Crippen molar-refractivity contribution in [3.8, 4) is 11.5 Å². The predicted molar refractivity (Wildman–Crippen MR) is 132 cm³/mol. The first-order valence-electron chi connectivity index (χ1n) is 10.1. The maximum absolute atomic E-state index is 13.1. The van der Waals surface area contributed by atoms with E-state index in [9.17, 15) is 19.5 Å². The molecule has 0 aliphatic carbocycles. The molecule has 1 fully saturated rings. The van der Waals surface area contributed by atoms with Gasteiger partial charge in [-0.05, 0) is 59.7 Å². The number of barbiturate groups is 1. The minimum absolute atomic E-state index is 0.0192. The number of aromatic hydroxyl groups is 1. The Morgan fingerprint density at radius 3 is 2.47 bits per heavy atom. The average molecular weight is 542 g/mol. The molecule has 3 aromatic carbocycles. The van der Waals surface area contributed by atoms with Crippen LogP contribution in [0.1, 0.15) is 16.7 Å². The number of nitrogens with zero attached hydrogens (tertiary/aromatic N) is 1. The van der Waals surface area contributed by atoms with Crippen LogP contribution in [0.15, 0.2) is 70.7 Å². The molecule has 9 heteroatoms. The van der Waals surface area contributed by atoms with E-state index in [0.717, 1.165) is 16.0 Å². The summed E-state index contributed by atoms with van der Waals surface area (Å²) in [5.41, 5.74) is 2.27. The number of ether oxygens (including phenoxy) is 1. The van der Waals surface area contributed by atoms with Crippen LogP contribution in [0.5, 0.6) is 11.5 Å². The molecule has 0 saturated carbocycles. The van der Waals surface area contributed by atoms with Crippen LogP contribution < -0.4 is 15.0 Å². The maximum Gasteiger partial charge on any atom is 0.335 e. The Morgan fingerprint density at radius 1 is 1.09 bits per heavy atom. The second kappa shape index (κ2) is 9.70. The van der Waals surface area contributed by atoms with Gasteiger partial charge in [0, 0.05) is 21.5 Å². The summed E-state index contributed by atoms with van der Waals surface area (Å²) in [6, 6.07) is 15.6. The number of phenolic OH excluding ortho intramolecular Hbond substituents is 1. The fourth-order valence-electron chi connectivity index (χ4n) is 3.56. The van der Waals surface area contributed by atoms with Crippen LogP contribution in [0, 0.1) is 0 Å². The smallest absolute Gasteiger partial charge is 0.335 e. The summed E-state index contributed by atoms with van der Waals surface area (Å²) in [6.45, 7) is 0. The molecule has 7 nitrogen and oxygen atoms in total. The van der Waals surface area contributed by atoms with E-state index >= 15 is 0 Å². The fourth-order valence-corrected chi connectivity index (χ4v) is 4.36. The fraction of sp³-hybridized carbons (Fsp3) is 0.0800. The molecule has 4 amide bonds. The number of hydrogen-bond donors (Lipinski definition) is 2. The summed E-state index contributed by atoms with van der Waals surface area (Å²) in [6.07, 6.45) is 1.90. The van der Waals surface area contributed by atoms with Gasteiger partial charge in [0.2, 0.25) is 0 Å². The number of halogens is 2. The Hall–Kier alpha value is -3.62. The van der Waals surface area contributed by atoms with Crippen molar-refractivity contribution in [2.75, 3.05) is 12.0 Å². The van der Waals surface area contributed by atoms with Crippen molar-refractivity contribution in [1.82, 2.24) is 5.32 Å². The van der Waals surface area contributed by atoms with Crippen molar-refractivity contribution in [3.05, 3.63) is 92.4 Å². The summed E-state index contributed by atoms with van der Waals surface area (Å²) in [7, 11) is 1.53. The Labute approximate surface area is 208 Å². The lowest BCUT2D eigenvalue weighted by atomic mass is 10.0. The summed E-state index contributed by atoms with van der Waals surface area (Å²) in [5, 5.41) is 12.3. The lowest BCUT2D eigenvalue weighted by Gasteiger charge is -2.26. The number of amides is 4. The lowest BCUT2D eigenvalue weighted by molar-refractivity contribution is -0.122. The number of carbonyl (C=O) groups is 3. The molecule has 1 saturated heterocycles. The molecule has 0 radical (unpaired) electrons. The number of methoxy groups -OCH3 is 1. The van der Waals surface area contributed by atoms with E-state index < -0.39 is 17.8 Å². The predicted octanol–water partition coefficient (Wildman–Crippen LogP) is 5.07. The zero-order valence-electron chi connectivity index (χ0n) is 17.8. The Balaban J connectivity index is 1.71. The van der Waals surface area contributed by atoms with Gasteiger partial charge in [-0.15, -0.1) is 0 Å². The highest BCUT2D eigenvalue weighted by atomic mass is 79.9. The quantitative estimate of drug-likeness (QED) is 0.347. The molecule has 1 aliphatic heterocycles. The Morgan fingerprint density at radius 2 is 1.79 bits per heavy atom. The van der Waals surface area contributed by atoms with Gasteiger partial charge in [0.15, 0.2) is 0 Å². The Kier molecular flexibility index (Phi) is 6.72. The van der Waals surface area contributed by atoms with Gasteiger partial charge >= 0.3 is 6.03 Å². The van der Waals surface area contributed by atoms with Crippen molar-refractivity contribution in [3.63, 3.8) is 0 Å². The third kappa shape index (κ3) is 4.69. The number of urea groups is 1. The molecule has 0 unspecified atom stereocenters. The van der Waals surface area contributed by atoms with Crippen molar-refractivity contribution in [1.29, 1.82) is 0 Å². The minimum Gasteiger partial charge on any atom is -0.508 e. The number of nitrogens with one attached hydrogen (secondary N) is 1. The highest BCUT2D eigenvalue weighted by Crippen LogP contribution is 2.34. The summed E-state index contributed by atoms with van der Waals surface area (Å²) in [5.74, 6) is -1.07. The SMILES string of the molecule is COc1cc(/C=C2\C(=O)NC(=O)N(c3ccc(O)cc3)C2=O)cc(Br)c1Cc1ccccc1Cl. The molecular formula is C25H18BrClN2O5. The number of hydrogen-bond acceptors (Lipinski definition) is 5. The van der Waals surface area contributed by atoms with Crippen molar-refractivity contribution >= 4 is 57.1 Å². The van der Waals surface area contributed by atoms with E-state index in [-0.39, 0.29) is 17.0 Å². The van der Waals surface area contributed by atoms with Crippen molar-refractivity contribution in [2.24, 2.45) is 0 Å². The maximum atomic E-state index is 13.1. The lowest BCUT2D eigenvalue weighted by Crippen LogP contribution is -2.54. The van der Waals surface area contributed by atoms with E-state index in [1.807, 2.05) is 24.3 Å². The van der Waals surface area contributed by atoms with E-state index in [0.29, 0.717) is 27.2 Å². The van der Waals surface area contributed by atoms with Crippen LogP contribution in [-0.2, 0) is 16.0 Å². The van der Waals surface area contributed by atoms with Crippen LogP contribution in [-0.4, -0.2) is 30.1 Å². The number of anilines is 1. The van der Waals surface area contributed by atoms with Gasteiger partial charge in [0.25, 0.3) is 11.8 Å². The number of phenols is 1. The largest absolute Gasteiger partial charge is 0.508 e. The number of imide groups is 2. The van der Waals surface area contributed by atoms with E-state index in [2.05, 4.69) is 21.2 Å². The molecule has 0 aromatic heterocycles. The zero-order chi connectivity index (χ0) is 24.4. The van der Waals surface area contributed by atoms with E-state index in [4.69, 9.17) is 16.3 Å². The molecule has 0 atom stereocenters. The first-order valence-corrected chi connectivity index (χ1v) is 11.3. The van der Waals surface area contributed by atoms with Gasteiger partial charge in [-0.3, -0.25) is 14.9 Å². The van der Waals surface area contributed by atoms with Gasteiger partial charge < -0.3 is 9.84 Å². The summed E-state index contributed by atoms with van der Waals surface area (Å²) >= 11 is 9.86. The molecule has 4 rings (SSSR count). The van der Waals surface area contributed by atoms with Gasteiger partial charge in [0.1, 0.15) is 17.1 Å². The number of carbonyl (C=O) groups excluding carboxylic acids is 3. The molecule has 34 heavy (non-hydrogen) atoms. The van der Waals surface area contributed by atoms with Gasteiger partial charge in [-0.2, -0.15) is 0 Å². The van der Waals surface area contributed by atoms with Crippen LogP contribution in [0.4, 0.5) is 10.5 Å². The third-order valence-corrected chi connectivity index (χ3v) is 6.32. The topological polar surface area (TPSA) is 95.9 Å². The second-order valence-corrected chi connectivity index (χ2v) is 8.69. The summed E-state index contributed by atoms with van der Waals surface area (Å²) in [4.78, 5) is 38.7. The highest BCUT2D eigenvalue weighted by Gasteiger charge is 2.36. The monoisotopic (exact) mass is 540 g/mol. The van der Waals surface area contributed by atoms with Crippen molar-refractivity contribution in [2.45, 2.75) is 6.42 Å². The summed E-state index contributed by atoms with van der Waals surface area (Å²) < 4.78 is 6.27. The first-order chi connectivity index (χ1) is 16.3. The second-order valence-electron chi connectivity index (χ2n) is 7.43. The molecule has 0 bridgehead atoms. The van der Waals surface area contributed by atoms with Crippen LogP contribution in [0.3, 0.4) is 0 Å². The van der Waals surface area contributed by atoms with Crippen LogP contribution >= 0.6 is 27.5 Å². The van der Waals surface area contributed by atoms with E-state index in [1.165, 1.54) is 37.5 Å². The molecule has 0 spiro atoms. The molecule has 1 aliphatic rings. The molecule has 2 N–H and O–H groups in total. The molecule has 3 aromatic rings. The van der Waals surface area contributed by atoms with Crippen LogP contribution in [0.2, 0.25) is 5.02 Å². The molecule has 1 heterocycles. The number of rotatable bonds is 5. The van der Waals surface area contributed by atoms with Gasteiger partial charge in [-0.25, -0.2) is 9.69 Å². The van der Waals surface area contributed by atoms with Crippen molar-refractivity contribution < 1.29 is 24.2 Å². The highest BCUT2D eigenvalue weighted by molar-refractivity contribution is 9.10. The number of benzene rings is 3. The van der Waals surface area contributed by atoms with Gasteiger partial charge in [0.05, 0.1) is 12.8 Å². The van der Waals surface area contributed by atoms with E-state index in [1.54, 1.807) is 12.1 Å².